The summed E-state index contributed by atoms with van der Waals surface area (Å²) in [5.41, 5.74) is 1.81. The second kappa shape index (κ2) is 4.58. The Hall–Kier alpha value is -1.47. The lowest BCUT2D eigenvalue weighted by Crippen LogP contribution is -2.21. The van der Waals surface area contributed by atoms with Gasteiger partial charge in [0.05, 0.1) is 25.0 Å². The Bertz CT molecular complexity index is 452. The monoisotopic (exact) mass is 239 g/mol. The molecule has 0 fully saturated rings. The zero-order valence-electron chi connectivity index (χ0n) is 9.34. The average Bonchev–Trinajstić information content (AvgIpc) is 2.91. The summed E-state index contributed by atoms with van der Waals surface area (Å²) >= 11 is 1.33. The lowest BCUT2D eigenvalue weighted by atomic mass is 10.1. The van der Waals surface area contributed by atoms with Gasteiger partial charge in [0.15, 0.2) is 5.75 Å². The van der Waals surface area contributed by atoms with Crippen molar-refractivity contribution in [2.24, 2.45) is 7.05 Å². The Labute approximate surface area is 97.4 Å². The molecule has 0 saturated heterocycles. The van der Waals surface area contributed by atoms with Gasteiger partial charge in [0.2, 0.25) is 0 Å². The Kier molecular flexibility index (Phi) is 3.16. The standard InChI is InChI=1S/C9H13N5OS/c1-10-8(6-5-16-13-12-6)9-7(15-3)4-11-14(9)2/h4-5,8,10H,1-3H3. The van der Waals surface area contributed by atoms with Crippen molar-refractivity contribution in [1.29, 1.82) is 0 Å². The van der Waals surface area contributed by atoms with Gasteiger partial charge in [0.25, 0.3) is 0 Å². The summed E-state index contributed by atoms with van der Waals surface area (Å²) in [5, 5.41) is 13.3. The van der Waals surface area contributed by atoms with E-state index in [4.69, 9.17) is 4.74 Å². The van der Waals surface area contributed by atoms with Crippen LogP contribution in [-0.4, -0.2) is 33.5 Å². The molecule has 0 bridgehead atoms. The number of aromatic nitrogens is 4. The molecule has 1 unspecified atom stereocenters. The van der Waals surface area contributed by atoms with Crippen molar-refractivity contribution in [2.75, 3.05) is 14.2 Å². The molecule has 0 spiro atoms. The van der Waals surface area contributed by atoms with Crippen molar-refractivity contribution >= 4 is 11.5 Å². The van der Waals surface area contributed by atoms with Crippen molar-refractivity contribution in [1.82, 2.24) is 24.7 Å². The molecule has 16 heavy (non-hydrogen) atoms. The van der Waals surface area contributed by atoms with Gasteiger partial charge in [0, 0.05) is 12.4 Å². The number of rotatable bonds is 4. The number of aryl methyl sites for hydroxylation is 1. The maximum Gasteiger partial charge on any atom is 0.161 e. The molecule has 0 amide bonds. The van der Waals surface area contributed by atoms with Gasteiger partial charge in [-0.25, -0.2) is 0 Å². The first kappa shape index (κ1) is 11.0. The minimum Gasteiger partial charge on any atom is -0.493 e. The quantitative estimate of drug-likeness (QED) is 0.846. The molecule has 0 aliphatic carbocycles. The maximum atomic E-state index is 5.28. The summed E-state index contributed by atoms with van der Waals surface area (Å²) in [6, 6.07) is -0.0544. The molecule has 6 nitrogen and oxygen atoms in total. The molecule has 1 N–H and O–H groups in total. The first-order valence-electron chi connectivity index (χ1n) is 4.78. The molecule has 2 rings (SSSR count). The first-order valence-corrected chi connectivity index (χ1v) is 5.61. The molecule has 86 valence electrons. The topological polar surface area (TPSA) is 64.9 Å². The van der Waals surface area contributed by atoms with Crippen molar-refractivity contribution < 1.29 is 4.74 Å². The normalized spacial score (nSPS) is 12.7. The van der Waals surface area contributed by atoms with Crippen LogP contribution in [0.25, 0.3) is 0 Å². The summed E-state index contributed by atoms with van der Waals surface area (Å²) in [7, 11) is 5.38. The van der Waals surface area contributed by atoms with Crippen molar-refractivity contribution in [3.63, 3.8) is 0 Å². The van der Waals surface area contributed by atoms with E-state index in [9.17, 15) is 0 Å². The van der Waals surface area contributed by atoms with Crippen LogP contribution in [0.4, 0.5) is 0 Å². The van der Waals surface area contributed by atoms with Crippen molar-refractivity contribution in [3.8, 4) is 5.75 Å². The molecule has 2 aromatic heterocycles. The number of nitrogens with zero attached hydrogens (tertiary/aromatic N) is 4. The van der Waals surface area contributed by atoms with Crippen LogP contribution in [-0.2, 0) is 7.05 Å². The Morgan fingerprint density at radius 3 is 2.94 bits per heavy atom. The SMILES string of the molecule is CNC(c1csnn1)c1c(OC)cnn1C. The number of methoxy groups -OCH3 is 1. The fourth-order valence-electron chi connectivity index (χ4n) is 1.64. The summed E-state index contributed by atoms with van der Waals surface area (Å²) in [6.07, 6.45) is 1.69. The molecule has 1 atom stereocenters. The third-order valence-electron chi connectivity index (χ3n) is 2.40. The van der Waals surface area contributed by atoms with E-state index < -0.39 is 0 Å². The van der Waals surface area contributed by atoms with Gasteiger partial charge < -0.3 is 10.1 Å². The first-order chi connectivity index (χ1) is 7.77. The predicted octanol–water partition coefficient (Wildman–Crippen LogP) is 0.589. The molecule has 0 aromatic carbocycles. The van der Waals surface area contributed by atoms with E-state index in [1.165, 1.54) is 11.5 Å². The molecule has 2 heterocycles. The highest BCUT2D eigenvalue weighted by atomic mass is 32.1. The molecule has 0 aliphatic heterocycles. The Morgan fingerprint density at radius 2 is 2.38 bits per heavy atom. The van der Waals surface area contributed by atoms with Crippen LogP contribution in [0.5, 0.6) is 5.75 Å². The molecular weight excluding hydrogens is 226 g/mol. The molecule has 2 aromatic rings. The summed E-state index contributed by atoms with van der Waals surface area (Å²) in [5.74, 6) is 0.745. The maximum absolute atomic E-state index is 5.28. The van der Waals surface area contributed by atoms with Gasteiger partial charge in [-0.15, -0.1) is 5.10 Å². The second-order valence-corrected chi connectivity index (χ2v) is 3.88. The van der Waals surface area contributed by atoms with Crippen LogP contribution in [0, 0.1) is 0 Å². The molecular formula is C9H13N5OS. The van der Waals surface area contributed by atoms with E-state index in [-0.39, 0.29) is 6.04 Å². The largest absolute Gasteiger partial charge is 0.493 e. The lowest BCUT2D eigenvalue weighted by Gasteiger charge is -2.15. The van der Waals surface area contributed by atoms with E-state index >= 15 is 0 Å². The summed E-state index contributed by atoms with van der Waals surface area (Å²) < 4.78 is 10.9. The minimum absolute atomic E-state index is 0.0544. The van der Waals surface area contributed by atoms with Crippen LogP contribution in [0.3, 0.4) is 0 Å². The average molecular weight is 239 g/mol. The second-order valence-electron chi connectivity index (χ2n) is 3.27. The third kappa shape index (κ3) is 1.79. The smallest absolute Gasteiger partial charge is 0.161 e. The van der Waals surface area contributed by atoms with E-state index in [1.54, 1.807) is 18.0 Å². The van der Waals surface area contributed by atoms with Crippen LogP contribution < -0.4 is 10.1 Å². The van der Waals surface area contributed by atoms with Crippen LogP contribution in [0.15, 0.2) is 11.6 Å². The predicted molar refractivity (Wildman–Crippen MR) is 60.6 cm³/mol. The molecule has 0 saturated carbocycles. The van der Waals surface area contributed by atoms with Gasteiger partial charge in [-0.2, -0.15) is 5.10 Å². The van der Waals surface area contributed by atoms with Crippen LogP contribution in [0.2, 0.25) is 0 Å². The van der Waals surface area contributed by atoms with Crippen molar-refractivity contribution in [2.45, 2.75) is 6.04 Å². The van der Waals surface area contributed by atoms with Crippen LogP contribution in [0.1, 0.15) is 17.4 Å². The fourth-order valence-corrected chi connectivity index (χ4v) is 2.12. The number of hydrogen-bond donors (Lipinski definition) is 1. The summed E-state index contributed by atoms with van der Waals surface area (Å²) in [4.78, 5) is 0. The highest BCUT2D eigenvalue weighted by molar-refractivity contribution is 7.03. The number of ether oxygens (including phenoxy) is 1. The Morgan fingerprint density at radius 1 is 1.56 bits per heavy atom. The van der Waals surface area contributed by atoms with Gasteiger partial charge in [-0.1, -0.05) is 4.49 Å². The fraction of sp³-hybridized carbons (Fsp3) is 0.444. The van der Waals surface area contributed by atoms with Gasteiger partial charge in [0.1, 0.15) is 5.69 Å². The molecule has 7 heteroatoms. The third-order valence-corrected chi connectivity index (χ3v) is 2.93. The molecule has 0 radical (unpaired) electrons. The Balaban J connectivity index is 2.44. The zero-order chi connectivity index (χ0) is 11.5. The van der Waals surface area contributed by atoms with E-state index in [2.05, 4.69) is 20.0 Å². The highest BCUT2D eigenvalue weighted by Crippen LogP contribution is 2.28. The van der Waals surface area contributed by atoms with Gasteiger partial charge in [-0.3, -0.25) is 4.68 Å². The minimum atomic E-state index is -0.0544. The van der Waals surface area contributed by atoms with Crippen molar-refractivity contribution in [3.05, 3.63) is 23.0 Å². The summed E-state index contributed by atoms with van der Waals surface area (Å²) in [6.45, 7) is 0. The lowest BCUT2D eigenvalue weighted by molar-refractivity contribution is 0.402. The number of nitrogens with one attached hydrogen (secondary N) is 1. The highest BCUT2D eigenvalue weighted by Gasteiger charge is 2.22. The number of hydrogen-bond acceptors (Lipinski definition) is 6. The van der Waals surface area contributed by atoms with E-state index in [0.717, 1.165) is 17.1 Å². The van der Waals surface area contributed by atoms with E-state index in [0.29, 0.717) is 0 Å². The van der Waals surface area contributed by atoms with Crippen LogP contribution >= 0.6 is 11.5 Å². The zero-order valence-corrected chi connectivity index (χ0v) is 10.2. The van der Waals surface area contributed by atoms with Gasteiger partial charge in [-0.05, 0) is 18.6 Å². The van der Waals surface area contributed by atoms with E-state index in [1.807, 2.05) is 19.5 Å². The van der Waals surface area contributed by atoms with Gasteiger partial charge >= 0.3 is 0 Å². The molecule has 0 aliphatic rings.